The Labute approximate surface area is 81.7 Å². The maximum Gasteiger partial charge on any atom is 0.0110 e. The average Bonchev–Trinajstić information content (AvgIpc) is 2.73. The third-order valence-corrected chi connectivity index (χ3v) is 3.53. The zero-order valence-electron chi connectivity index (χ0n) is 8.76. The standard InChI is InChI=1S/C11H22N2/c1-2-5-12-6-7-13-9-10-3-4-11(13)8-10/h10-12H,2-9H2,1H3. The van der Waals surface area contributed by atoms with Gasteiger partial charge in [0.1, 0.15) is 0 Å². The summed E-state index contributed by atoms with van der Waals surface area (Å²) in [6.45, 7) is 7.27. The summed E-state index contributed by atoms with van der Waals surface area (Å²) in [4.78, 5) is 2.69. The second kappa shape index (κ2) is 4.43. The molecule has 1 saturated heterocycles. The minimum absolute atomic E-state index is 0.952. The molecule has 1 heterocycles. The molecule has 0 aromatic carbocycles. The first kappa shape index (κ1) is 9.47. The molecule has 2 unspecified atom stereocenters. The first-order valence-corrected chi connectivity index (χ1v) is 5.85. The van der Waals surface area contributed by atoms with Crippen LogP contribution in [0.15, 0.2) is 0 Å². The van der Waals surface area contributed by atoms with Gasteiger partial charge in [-0.1, -0.05) is 6.92 Å². The molecule has 0 aromatic heterocycles. The van der Waals surface area contributed by atoms with Crippen molar-refractivity contribution in [1.29, 1.82) is 0 Å². The summed E-state index contributed by atoms with van der Waals surface area (Å²) in [5.41, 5.74) is 0. The fourth-order valence-electron chi connectivity index (χ4n) is 2.83. The summed E-state index contributed by atoms with van der Waals surface area (Å²) < 4.78 is 0. The zero-order valence-corrected chi connectivity index (χ0v) is 8.76. The van der Waals surface area contributed by atoms with Crippen LogP contribution in [0.4, 0.5) is 0 Å². The van der Waals surface area contributed by atoms with Gasteiger partial charge >= 0.3 is 0 Å². The number of hydrogen-bond acceptors (Lipinski definition) is 2. The van der Waals surface area contributed by atoms with E-state index in [0.29, 0.717) is 0 Å². The van der Waals surface area contributed by atoms with Gasteiger partial charge in [0.2, 0.25) is 0 Å². The lowest BCUT2D eigenvalue weighted by molar-refractivity contribution is 0.214. The second-order valence-electron chi connectivity index (χ2n) is 4.58. The lowest BCUT2D eigenvalue weighted by Gasteiger charge is -2.26. The Bertz CT molecular complexity index is 158. The van der Waals surface area contributed by atoms with Crippen LogP contribution in [0.5, 0.6) is 0 Å². The summed E-state index contributed by atoms with van der Waals surface area (Å²) in [7, 11) is 0. The van der Waals surface area contributed by atoms with Gasteiger partial charge < -0.3 is 5.32 Å². The molecule has 0 aromatic rings. The van der Waals surface area contributed by atoms with Gasteiger partial charge in [-0.15, -0.1) is 0 Å². The fraction of sp³-hybridized carbons (Fsp3) is 1.00. The Morgan fingerprint density at radius 2 is 2.23 bits per heavy atom. The van der Waals surface area contributed by atoms with Gasteiger partial charge in [0.05, 0.1) is 0 Å². The average molecular weight is 182 g/mol. The van der Waals surface area contributed by atoms with Crippen LogP contribution in [0.2, 0.25) is 0 Å². The summed E-state index contributed by atoms with van der Waals surface area (Å²) in [6.07, 6.45) is 5.72. The SMILES string of the molecule is CCCNCCN1CC2CCC1C2. The number of hydrogen-bond donors (Lipinski definition) is 1. The van der Waals surface area contributed by atoms with Gasteiger partial charge in [-0.25, -0.2) is 0 Å². The Kier molecular flexibility index (Phi) is 3.23. The summed E-state index contributed by atoms with van der Waals surface area (Å²) in [5.74, 6) is 1.05. The zero-order chi connectivity index (χ0) is 9.10. The Morgan fingerprint density at radius 1 is 1.31 bits per heavy atom. The van der Waals surface area contributed by atoms with Crippen LogP contribution in [0.25, 0.3) is 0 Å². The highest BCUT2D eigenvalue weighted by Gasteiger charge is 2.36. The first-order chi connectivity index (χ1) is 6.40. The van der Waals surface area contributed by atoms with E-state index in [2.05, 4.69) is 17.1 Å². The van der Waals surface area contributed by atoms with E-state index in [4.69, 9.17) is 0 Å². The largest absolute Gasteiger partial charge is 0.315 e. The molecule has 2 bridgehead atoms. The number of likely N-dealkylation sites (tertiary alicyclic amines) is 1. The van der Waals surface area contributed by atoms with E-state index in [1.165, 1.54) is 51.9 Å². The molecule has 2 rings (SSSR count). The predicted molar refractivity (Wildman–Crippen MR) is 55.9 cm³/mol. The van der Waals surface area contributed by atoms with E-state index in [1.807, 2.05) is 0 Å². The summed E-state index contributed by atoms with van der Waals surface area (Å²) >= 11 is 0. The van der Waals surface area contributed by atoms with Crippen molar-refractivity contribution in [3.8, 4) is 0 Å². The molecule has 2 aliphatic rings. The number of fused-ring (bicyclic) bond motifs is 2. The topological polar surface area (TPSA) is 15.3 Å². The van der Waals surface area contributed by atoms with E-state index >= 15 is 0 Å². The molecule has 1 N–H and O–H groups in total. The van der Waals surface area contributed by atoms with Crippen LogP contribution in [0.3, 0.4) is 0 Å². The van der Waals surface area contributed by atoms with Crippen molar-refractivity contribution in [2.45, 2.75) is 38.6 Å². The Morgan fingerprint density at radius 3 is 2.85 bits per heavy atom. The van der Waals surface area contributed by atoms with Gasteiger partial charge in [-0.2, -0.15) is 0 Å². The molecule has 1 aliphatic heterocycles. The van der Waals surface area contributed by atoms with Crippen LogP contribution < -0.4 is 5.32 Å². The van der Waals surface area contributed by atoms with Gasteiger partial charge in [0.15, 0.2) is 0 Å². The lowest BCUT2D eigenvalue weighted by Crippen LogP contribution is -2.37. The van der Waals surface area contributed by atoms with Crippen molar-refractivity contribution in [3.05, 3.63) is 0 Å². The van der Waals surface area contributed by atoms with E-state index in [1.54, 1.807) is 0 Å². The molecule has 2 heteroatoms. The Balaban J connectivity index is 1.60. The van der Waals surface area contributed by atoms with E-state index in [0.717, 1.165) is 12.0 Å². The molecular weight excluding hydrogens is 160 g/mol. The van der Waals surface area contributed by atoms with Crippen molar-refractivity contribution in [3.63, 3.8) is 0 Å². The van der Waals surface area contributed by atoms with Crippen LogP contribution in [0, 0.1) is 5.92 Å². The molecule has 2 atom stereocenters. The predicted octanol–water partition coefficient (Wildman–Crippen LogP) is 1.47. The van der Waals surface area contributed by atoms with Crippen molar-refractivity contribution in [2.24, 2.45) is 5.92 Å². The first-order valence-electron chi connectivity index (χ1n) is 5.85. The molecule has 1 aliphatic carbocycles. The van der Waals surface area contributed by atoms with E-state index < -0.39 is 0 Å². The molecule has 0 amide bonds. The number of nitrogens with one attached hydrogen (secondary N) is 1. The third kappa shape index (κ3) is 2.23. The normalized spacial score (nSPS) is 33.0. The van der Waals surface area contributed by atoms with Gasteiger partial charge in [-0.3, -0.25) is 4.90 Å². The summed E-state index contributed by atoms with van der Waals surface area (Å²) in [5, 5.41) is 3.48. The van der Waals surface area contributed by atoms with Crippen LogP contribution >= 0.6 is 0 Å². The fourth-order valence-corrected chi connectivity index (χ4v) is 2.83. The van der Waals surface area contributed by atoms with Crippen molar-refractivity contribution < 1.29 is 0 Å². The van der Waals surface area contributed by atoms with Crippen LogP contribution in [-0.2, 0) is 0 Å². The molecule has 2 nitrogen and oxygen atoms in total. The monoisotopic (exact) mass is 182 g/mol. The molecule has 0 spiro atoms. The van der Waals surface area contributed by atoms with E-state index in [9.17, 15) is 0 Å². The lowest BCUT2D eigenvalue weighted by atomic mass is 10.1. The van der Waals surface area contributed by atoms with E-state index in [-0.39, 0.29) is 0 Å². The third-order valence-electron chi connectivity index (χ3n) is 3.53. The highest BCUT2D eigenvalue weighted by molar-refractivity contribution is 4.91. The second-order valence-corrected chi connectivity index (χ2v) is 4.58. The number of rotatable bonds is 5. The minimum atomic E-state index is 0.952. The Hall–Kier alpha value is -0.0800. The quantitative estimate of drug-likeness (QED) is 0.648. The highest BCUT2D eigenvalue weighted by Crippen LogP contribution is 2.36. The number of piperidine rings is 1. The maximum atomic E-state index is 3.48. The summed E-state index contributed by atoms with van der Waals surface area (Å²) in [6, 6.07) is 0.952. The van der Waals surface area contributed by atoms with Crippen molar-refractivity contribution in [1.82, 2.24) is 10.2 Å². The van der Waals surface area contributed by atoms with Gasteiger partial charge in [-0.05, 0) is 38.1 Å². The van der Waals surface area contributed by atoms with Gasteiger partial charge in [0.25, 0.3) is 0 Å². The molecular formula is C11H22N2. The minimum Gasteiger partial charge on any atom is -0.315 e. The van der Waals surface area contributed by atoms with Crippen molar-refractivity contribution >= 4 is 0 Å². The molecule has 2 fully saturated rings. The van der Waals surface area contributed by atoms with Crippen molar-refractivity contribution in [2.75, 3.05) is 26.2 Å². The van der Waals surface area contributed by atoms with Gasteiger partial charge in [0, 0.05) is 25.7 Å². The maximum absolute atomic E-state index is 3.48. The molecule has 76 valence electrons. The molecule has 0 radical (unpaired) electrons. The smallest absolute Gasteiger partial charge is 0.0110 e. The van der Waals surface area contributed by atoms with Crippen LogP contribution in [0.1, 0.15) is 32.6 Å². The molecule has 13 heavy (non-hydrogen) atoms. The molecule has 1 saturated carbocycles. The van der Waals surface area contributed by atoms with Crippen LogP contribution in [-0.4, -0.2) is 37.1 Å². The number of nitrogens with zero attached hydrogens (tertiary/aromatic N) is 1. The highest BCUT2D eigenvalue weighted by atomic mass is 15.2.